The summed E-state index contributed by atoms with van der Waals surface area (Å²) in [5.74, 6) is -0.194. The lowest BCUT2D eigenvalue weighted by Crippen LogP contribution is -2.16. The van der Waals surface area contributed by atoms with Crippen molar-refractivity contribution in [2.75, 3.05) is 0 Å². The van der Waals surface area contributed by atoms with E-state index in [1.165, 1.54) is 23.5 Å². The first-order valence-corrected chi connectivity index (χ1v) is 4.57. The van der Waals surface area contributed by atoms with Crippen LogP contribution in [0.25, 0.3) is 10.1 Å². The van der Waals surface area contributed by atoms with Gasteiger partial charge in [-0.3, -0.25) is 0 Å². The third-order valence-electron chi connectivity index (χ3n) is 1.59. The van der Waals surface area contributed by atoms with Crippen LogP contribution in [0.5, 0.6) is 5.75 Å². The van der Waals surface area contributed by atoms with Gasteiger partial charge in [-0.15, -0.1) is 24.5 Å². The molecule has 1 heterocycles. The first-order valence-electron chi connectivity index (χ1n) is 3.69. The number of ether oxygens (including phenoxy) is 1. The van der Waals surface area contributed by atoms with Crippen LogP contribution in [0.3, 0.4) is 0 Å². The fraction of sp³-hybridized carbons (Fsp3) is 0.111. The van der Waals surface area contributed by atoms with Gasteiger partial charge in [-0.2, -0.15) is 0 Å². The van der Waals surface area contributed by atoms with E-state index in [0.717, 1.165) is 10.1 Å². The SMILES string of the molecule is FC(F)(F)Oc1ccc2[c]csc2c1. The summed E-state index contributed by atoms with van der Waals surface area (Å²) in [6.07, 6.45) is -4.63. The average Bonchev–Trinajstić information content (AvgIpc) is 2.47. The molecule has 1 aromatic heterocycles. The van der Waals surface area contributed by atoms with Gasteiger partial charge in [-0.1, -0.05) is 0 Å². The molecule has 14 heavy (non-hydrogen) atoms. The number of thiophene rings is 1. The van der Waals surface area contributed by atoms with E-state index in [4.69, 9.17) is 0 Å². The molecule has 0 unspecified atom stereocenters. The highest BCUT2D eigenvalue weighted by atomic mass is 32.1. The summed E-state index contributed by atoms with van der Waals surface area (Å²) in [6.45, 7) is 0. The molecule has 5 heteroatoms. The summed E-state index contributed by atoms with van der Waals surface area (Å²) in [5, 5.41) is 2.49. The van der Waals surface area contributed by atoms with Crippen molar-refractivity contribution < 1.29 is 17.9 Å². The van der Waals surface area contributed by atoms with Gasteiger partial charge in [0, 0.05) is 16.2 Å². The maximum Gasteiger partial charge on any atom is 0.573 e. The molecule has 0 fully saturated rings. The molecule has 2 rings (SSSR count). The van der Waals surface area contributed by atoms with Crippen LogP contribution in [-0.4, -0.2) is 6.36 Å². The summed E-state index contributed by atoms with van der Waals surface area (Å²) in [7, 11) is 0. The minimum Gasteiger partial charge on any atom is -0.406 e. The summed E-state index contributed by atoms with van der Waals surface area (Å²) >= 11 is 1.32. The van der Waals surface area contributed by atoms with Crippen LogP contribution in [0.4, 0.5) is 13.2 Å². The van der Waals surface area contributed by atoms with Crippen LogP contribution in [0.2, 0.25) is 0 Å². The lowest BCUT2D eigenvalue weighted by molar-refractivity contribution is -0.274. The van der Waals surface area contributed by atoms with Crippen molar-refractivity contribution in [1.82, 2.24) is 0 Å². The van der Waals surface area contributed by atoms with E-state index >= 15 is 0 Å². The van der Waals surface area contributed by atoms with Crippen molar-refractivity contribution in [2.24, 2.45) is 0 Å². The Morgan fingerprint density at radius 3 is 2.79 bits per heavy atom. The second-order valence-electron chi connectivity index (χ2n) is 2.59. The molecule has 0 spiro atoms. The number of rotatable bonds is 1. The molecular formula is C9H4F3OS. The minimum absolute atomic E-state index is 0.194. The van der Waals surface area contributed by atoms with Crippen LogP contribution in [-0.2, 0) is 0 Å². The number of benzene rings is 1. The van der Waals surface area contributed by atoms with Crippen molar-refractivity contribution in [3.63, 3.8) is 0 Å². The van der Waals surface area contributed by atoms with Crippen molar-refractivity contribution in [3.8, 4) is 5.75 Å². The molecule has 1 aromatic carbocycles. The van der Waals surface area contributed by atoms with Gasteiger partial charge in [0.15, 0.2) is 0 Å². The zero-order valence-corrected chi connectivity index (χ0v) is 7.58. The lowest BCUT2D eigenvalue weighted by Gasteiger charge is -2.08. The van der Waals surface area contributed by atoms with Gasteiger partial charge in [-0.25, -0.2) is 0 Å². The Balaban J connectivity index is 2.35. The molecular weight excluding hydrogens is 213 g/mol. The summed E-state index contributed by atoms with van der Waals surface area (Å²) < 4.78 is 40.0. The highest BCUT2D eigenvalue weighted by Crippen LogP contribution is 2.28. The van der Waals surface area contributed by atoms with E-state index in [-0.39, 0.29) is 5.75 Å². The van der Waals surface area contributed by atoms with Gasteiger partial charge >= 0.3 is 6.36 Å². The molecule has 0 aliphatic heterocycles. The van der Waals surface area contributed by atoms with Crippen LogP contribution in [0, 0.1) is 6.07 Å². The molecule has 0 saturated carbocycles. The standard InChI is InChI=1S/C9H4F3OS/c10-9(11,12)13-7-2-1-6-3-4-14-8(6)5-7/h1-2,4-5H. The second kappa shape index (κ2) is 3.16. The molecule has 0 amide bonds. The summed E-state index contributed by atoms with van der Waals surface area (Å²) in [6, 6.07) is 7.07. The molecule has 1 nitrogen and oxygen atoms in total. The van der Waals surface area contributed by atoms with E-state index in [0.29, 0.717) is 0 Å². The van der Waals surface area contributed by atoms with E-state index in [1.54, 1.807) is 11.4 Å². The van der Waals surface area contributed by atoms with Gasteiger partial charge < -0.3 is 4.74 Å². The predicted molar refractivity (Wildman–Crippen MR) is 47.3 cm³/mol. The lowest BCUT2D eigenvalue weighted by atomic mass is 10.2. The van der Waals surface area contributed by atoms with Crippen LogP contribution < -0.4 is 4.74 Å². The van der Waals surface area contributed by atoms with Crippen molar-refractivity contribution in [3.05, 3.63) is 29.6 Å². The first-order chi connectivity index (χ1) is 6.54. The fourth-order valence-corrected chi connectivity index (χ4v) is 1.82. The number of halogens is 3. The first kappa shape index (κ1) is 9.33. The monoisotopic (exact) mass is 217 g/mol. The van der Waals surface area contributed by atoms with E-state index < -0.39 is 6.36 Å². The molecule has 2 aromatic rings. The minimum atomic E-state index is -4.63. The summed E-state index contributed by atoms with van der Waals surface area (Å²) in [5.41, 5.74) is 0. The van der Waals surface area contributed by atoms with E-state index in [1.807, 2.05) is 0 Å². The van der Waals surface area contributed by atoms with Gasteiger partial charge in [0.25, 0.3) is 0 Å². The Morgan fingerprint density at radius 1 is 1.29 bits per heavy atom. The molecule has 0 N–H and O–H groups in total. The molecule has 0 bridgehead atoms. The highest BCUT2D eigenvalue weighted by molar-refractivity contribution is 7.17. The van der Waals surface area contributed by atoms with E-state index in [2.05, 4.69) is 10.8 Å². The predicted octanol–water partition coefficient (Wildman–Crippen LogP) is 3.60. The molecule has 0 aliphatic carbocycles. The quantitative estimate of drug-likeness (QED) is 0.709. The number of alkyl halides is 3. The van der Waals surface area contributed by atoms with Crippen molar-refractivity contribution in [2.45, 2.75) is 6.36 Å². The Kier molecular flexibility index (Phi) is 2.11. The Hall–Kier alpha value is -1.23. The maximum absolute atomic E-state index is 11.8. The average molecular weight is 217 g/mol. The molecule has 0 atom stereocenters. The molecule has 73 valence electrons. The Morgan fingerprint density at radius 2 is 2.07 bits per heavy atom. The smallest absolute Gasteiger partial charge is 0.406 e. The zero-order valence-electron chi connectivity index (χ0n) is 6.76. The van der Waals surface area contributed by atoms with Crippen LogP contribution >= 0.6 is 11.3 Å². The van der Waals surface area contributed by atoms with Crippen molar-refractivity contribution >= 4 is 21.4 Å². The third kappa shape index (κ3) is 1.98. The third-order valence-corrected chi connectivity index (χ3v) is 2.41. The summed E-state index contributed by atoms with van der Waals surface area (Å²) in [4.78, 5) is 0. The maximum atomic E-state index is 11.8. The van der Waals surface area contributed by atoms with Crippen LogP contribution in [0.15, 0.2) is 23.6 Å². The second-order valence-corrected chi connectivity index (χ2v) is 3.50. The number of hydrogen-bond acceptors (Lipinski definition) is 2. The largest absolute Gasteiger partial charge is 0.573 e. The zero-order chi connectivity index (χ0) is 10.2. The fourth-order valence-electron chi connectivity index (χ4n) is 1.07. The normalized spacial score (nSPS) is 11.9. The van der Waals surface area contributed by atoms with Crippen LogP contribution in [0.1, 0.15) is 0 Å². The number of fused-ring (bicyclic) bond motifs is 1. The molecule has 1 radical (unpaired) electrons. The van der Waals surface area contributed by atoms with Gasteiger partial charge in [0.1, 0.15) is 5.75 Å². The Bertz CT molecular complexity index is 446. The highest BCUT2D eigenvalue weighted by Gasteiger charge is 2.31. The van der Waals surface area contributed by atoms with Gasteiger partial charge in [0.05, 0.1) is 0 Å². The topological polar surface area (TPSA) is 9.23 Å². The Labute approximate surface area is 81.7 Å². The number of hydrogen-bond donors (Lipinski definition) is 0. The molecule has 0 aliphatic rings. The van der Waals surface area contributed by atoms with Gasteiger partial charge in [-0.05, 0) is 23.6 Å². The van der Waals surface area contributed by atoms with Crippen molar-refractivity contribution in [1.29, 1.82) is 0 Å². The molecule has 0 saturated heterocycles. The van der Waals surface area contributed by atoms with Gasteiger partial charge in [0.2, 0.25) is 0 Å². The van der Waals surface area contributed by atoms with E-state index in [9.17, 15) is 13.2 Å².